The Morgan fingerprint density at radius 3 is 2.78 bits per heavy atom. The SMILES string of the molecule is CNCC(C)C(=O)Nc1cccc(Cn2ccnc2C(C)C)c1. The van der Waals surface area contributed by atoms with Crippen molar-refractivity contribution in [3.63, 3.8) is 0 Å². The van der Waals surface area contributed by atoms with E-state index in [1.807, 2.05) is 44.6 Å². The van der Waals surface area contributed by atoms with E-state index in [9.17, 15) is 4.79 Å². The number of amides is 1. The first-order chi connectivity index (χ1) is 11.0. The fraction of sp³-hybridized carbons (Fsp3) is 0.444. The van der Waals surface area contributed by atoms with Gasteiger partial charge in [-0.25, -0.2) is 4.98 Å². The van der Waals surface area contributed by atoms with Gasteiger partial charge in [0.25, 0.3) is 0 Å². The number of nitrogens with one attached hydrogen (secondary N) is 2. The Kier molecular flexibility index (Phi) is 5.93. The molecule has 23 heavy (non-hydrogen) atoms. The van der Waals surface area contributed by atoms with Gasteiger partial charge in [0, 0.05) is 43.0 Å². The molecule has 2 aromatic rings. The fourth-order valence-corrected chi connectivity index (χ4v) is 2.56. The molecule has 0 bridgehead atoms. The van der Waals surface area contributed by atoms with Gasteiger partial charge in [-0.2, -0.15) is 0 Å². The number of carbonyl (C=O) groups excluding carboxylic acids is 1. The molecular weight excluding hydrogens is 288 g/mol. The normalized spacial score (nSPS) is 12.4. The quantitative estimate of drug-likeness (QED) is 0.826. The number of nitrogens with zero attached hydrogens (tertiary/aromatic N) is 2. The van der Waals surface area contributed by atoms with Crippen LogP contribution < -0.4 is 10.6 Å². The molecule has 0 aliphatic heterocycles. The summed E-state index contributed by atoms with van der Waals surface area (Å²) in [5.74, 6) is 1.42. The van der Waals surface area contributed by atoms with E-state index in [0.717, 1.165) is 23.6 Å². The maximum atomic E-state index is 12.1. The molecule has 0 radical (unpaired) electrons. The van der Waals surface area contributed by atoms with E-state index in [0.29, 0.717) is 12.5 Å². The monoisotopic (exact) mass is 314 g/mol. The van der Waals surface area contributed by atoms with Crippen LogP contribution in [0, 0.1) is 5.92 Å². The summed E-state index contributed by atoms with van der Waals surface area (Å²) in [6.07, 6.45) is 3.83. The molecule has 0 spiro atoms. The molecule has 1 unspecified atom stereocenters. The predicted octanol–water partition coefficient (Wildman–Crippen LogP) is 2.85. The molecule has 124 valence electrons. The van der Waals surface area contributed by atoms with E-state index in [1.54, 1.807) is 0 Å². The van der Waals surface area contributed by atoms with Crippen LogP contribution in [-0.2, 0) is 11.3 Å². The lowest BCUT2D eigenvalue weighted by molar-refractivity contribution is -0.119. The number of aromatic nitrogens is 2. The molecule has 1 atom stereocenters. The first kappa shape index (κ1) is 17.2. The minimum atomic E-state index is -0.0650. The highest BCUT2D eigenvalue weighted by Crippen LogP contribution is 2.17. The van der Waals surface area contributed by atoms with Gasteiger partial charge < -0.3 is 15.2 Å². The topological polar surface area (TPSA) is 59.0 Å². The van der Waals surface area contributed by atoms with Crippen molar-refractivity contribution < 1.29 is 4.79 Å². The van der Waals surface area contributed by atoms with Crippen LogP contribution in [0.2, 0.25) is 0 Å². The van der Waals surface area contributed by atoms with Crippen LogP contribution >= 0.6 is 0 Å². The number of carbonyl (C=O) groups is 1. The molecule has 0 saturated heterocycles. The van der Waals surface area contributed by atoms with E-state index in [2.05, 4.69) is 40.1 Å². The number of rotatable bonds is 7. The molecule has 1 heterocycles. The van der Waals surface area contributed by atoms with Crippen molar-refractivity contribution in [1.29, 1.82) is 0 Å². The van der Waals surface area contributed by atoms with Crippen LogP contribution in [-0.4, -0.2) is 29.1 Å². The van der Waals surface area contributed by atoms with Gasteiger partial charge >= 0.3 is 0 Å². The summed E-state index contributed by atoms with van der Waals surface area (Å²) in [6.45, 7) is 7.61. The molecule has 0 fully saturated rings. The zero-order valence-corrected chi connectivity index (χ0v) is 14.3. The zero-order valence-electron chi connectivity index (χ0n) is 14.3. The van der Waals surface area contributed by atoms with Crippen LogP contribution in [0.1, 0.15) is 38.1 Å². The van der Waals surface area contributed by atoms with E-state index >= 15 is 0 Å². The van der Waals surface area contributed by atoms with Gasteiger partial charge in [0.2, 0.25) is 5.91 Å². The molecule has 1 aromatic carbocycles. The minimum absolute atomic E-state index is 0.0296. The Hall–Kier alpha value is -2.14. The van der Waals surface area contributed by atoms with Crippen molar-refractivity contribution in [2.45, 2.75) is 33.2 Å². The van der Waals surface area contributed by atoms with Crippen molar-refractivity contribution in [2.75, 3.05) is 18.9 Å². The summed E-state index contributed by atoms with van der Waals surface area (Å²) in [4.78, 5) is 16.5. The van der Waals surface area contributed by atoms with Crippen LogP contribution in [0.4, 0.5) is 5.69 Å². The zero-order chi connectivity index (χ0) is 16.8. The number of hydrogen-bond acceptors (Lipinski definition) is 3. The van der Waals surface area contributed by atoms with Crippen LogP contribution in [0.5, 0.6) is 0 Å². The molecule has 2 rings (SSSR count). The highest BCUT2D eigenvalue weighted by atomic mass is 16.1. The lowest BCUT2D eigenvalue weighted by Gasteiger charge is -2.14. The second-order valence-electron chi connectivity index (χ2n) is 6.22. The summed E-state index contributed by atoms with van der Waals surface area (Å²) in [6, 6.07) is 7.98. The van der Waals surface area contributed by atoms with Crippen LogP contribution in [0.25, 0.3) is 0 Å². The Morgan fingerprint density at radius 2 is 2.09 bits per heavy atom. The number of benzene rings is 1. The third-order valence-electron chi connectivity index (χ3n) is 3.77. The van der Waals surface area contributed by atoms with E-state index < -0.39 is 0 Å². The number of hydrogen-bond donors (Lipinski definition) is 2. The summed E-state index contributed by atoms with van der Waals surface area (Å²) >= 11 is 0. The van der Waals surface area contributed by atoms with Crippen LogP contribution in [0.3, 0.4) is 0 Å². The van der Waals surface area contributed by atoms with Gasteiger partial charge in [0.1, 0.15) is 5.82 Å². The van der Waals surface area contributed by atoms with Gasteiger partial charge in [-0.05, 0) is 24.7 Å². The fourth-order valence-electron chi connectivity index (χ4n) is 2.56. The molecule has 0 saturated carbocycles. The predicted molar refractivity (Wildman–Crippen MR) is 93.6 cm³/mol. The van der Waals surface area contributed by atoms with Crippen molar-refractivity contribution >= 4 is 11.6 Å². The second-order valence-corrected chi connectivity index (χ2v) is 6.22. The average molecular weight is 314 g/mol. The van der Waals surface area contributed by atoms with Gasteiger partial charge in [0.05, 0.1) is 0 Å². The van der Waals surface area contributed by atoms with Crippen molar-refractivity contribution in [3.8, 4) is 0 Å². The van der Waals surface area contributed by atoms with Gasteiger partial charge in [-0.1, -0.05) is 32.9 Å². The molecule has 1 amide bonds. The van der Waals surface area contributed by atoms with Crippen molar-refractivity contribution in [2.24, 2.45) is 5.92 Å². The third kappa shape index (κ3) is 4.66. The summed E-state index contributed by atoms with van der Waals surface area (Å²) in [5.41, 5.74) is 1.98. The highest BCUT2D eigenvalue weighted by Gasteiger charge is 2.12. The van der Waals surface area contributed by atoms with E-state index in [-0.39, 0.29) is 11.8 Å². The number of anilines is 1. The molecule has 0 aliphatic carbocycles. The number of imidazole rings is 1. The summed E-state index contributed by atoms with van der Waals surface area (Å²) < 4.78 is 2.15. The lowest BCUT2D eigenvalue weighted by atomic mass is 10.1. The maximum Gasteiger partial charge on any atom is 0.228 e. The minimum Gasteiger partial charge on any atom is -0.330 e. The Labute approximate surface area is 138 Å². The van der Waals surface area contributed by atoms with Crippen molar-refractivity contribution in [3.05, 3.63) is 48.0 Å². The van der Waals surface area contributed by atoms with E-state index in [1.165, 1.54) is 0 Å². The molecular formula is C18H26N4O. The Bertz CT molecular complexity index is 648. The molecule has 1 aromatic heterocycles. The molecule has 5 nitrogen and oxygen atoms in total. The molecule has 2 N–H and O–H groups in total. The lowest BCUT2D eigenvalue weighted by Crippen LogP contribution is -2.28. The Morgan fingerprint density at radius 1 is 1.30 bits per heavy atom. The summed E-state index contributed by atoms with van der Waals surface area (Å²) in [7, 11) is 1.85. The van der Waals surface area contributed by atoms with Crippen LogP contribution in [0.15, 0.2) is 36.7 Å². The summed E-state index contributed by atoms with van der Waals surface area (Å²) in [5, 5.41) is 6.00. The first-order valence-electron chi connectivity index (χ1n) is 8.06. The van der Waals surface area contributed by atoms with E-state index in [4.69, 9.17) is 0 Å². The second kappa shape index (κ2) is 7.92. The maximum absolute atomic E-state index is 12.1. The molecule has 5 heteroatoms. The first-order valence-corrected chi connectivity index (χ1v) is 8.06. The standard InChI is InChI=1S/C18H26N4O/c1-13(2)17-20-8-9-22(17)12-15-6-5-7-16(10-15)21-18(23)14(3)11-19-4/h5-10,13-14,19H,11-12H2,1-4H3,(H,21,23). The highest BCUT2D eigenvalue weighted by molar-refractivity contribution is 5.92. The largest absolute Gasteiger partial charge is 0.330 e. The molecule has 0 aliphatic rings. The van der Waals surface area contributed by atoms with Gasteiger partial charge in [0.15, 0.2) is 0 Å². The van der Waals surface area contributed by atoms with Crippen molar-refractivity contribution in [1.82, 2.24) is 14.9 Å². The third-order valence-corrected chi connectivity index (χ3v) is 3.77. The Balaban J connectivity index is 2.08. The average Bonchev–Trinajstić information content (AvgIpc) is 2.96. The van der Waals surface area contributed by atoms with Gasteiger partial charge in [-0.15, -0.1) is 0 Å². The van der Waals surface area contributed by atoms with Gasteiger partial charge in [-0.3, -0.25) is 4.79 Å². The smallest absolute Gasteiger partial charge is 0.228 e.